The summed E-state index contributed by atoms with van der Waals surface area (Å²) in [6, 6.07) is 0.764. The number of rotatable bonds is 3. The highest BCUT2D eigenvalue weighted by atomic mass is 19.1. The molecule has 1 fully saturated rings. The molecule has 1 aromatic heterocycles. The van der Waals surface area contributed by atoms with Gasteiger partial charge in [-0.15, -0.1) is 0 Å². The van der Waals surface area contributed by atoms with Crippen molar-refractivity contribution < 1.29 is 18.7 Å². The number of hydrogen-bond donors (Lipinski definition) is 1. The zero-order valence-electron chi connectivity index (χ0n) is 18.4. The Bertz CT molecular complexity index is 1130. The van der Waals surface area contributed by atoms with Gasteiger partial charge in [0.05, 0.1) is 17.3 Å². The van der Waals surface area contributed by atoms with Crippen molar-refractivity contribution in [2.45, 2.75) is 45.4 Å². The molecule has 0 saturated carbocycles. The molecule has 1 saturated heterocycles. The number of amides is 1. The van der Waals surface area contributed by atoms with E-state index in [-0.39, 0.29) is 47.1 Å². The van der Waals surface area contributed by atoms with Crippen molar-refractivity contribution in [2.24, 2.45) is 7.05 Å². The van der Waals surface area contributed by atoms with Crippen LogP contribution < -0.4 is 15.4 Å². The van der Waals surface area contributed by atoms with Gasteiger partial charge in [-0.2, -0.15) is 0 Å². The van der Waals surface area contributed by atoms with Crippen LogP contribution in [-0.4, -0.2) is 65.4 Å². The number of aliphatic hydroxyl groups excluding tert-OH is 1. The van der Waals surface area contributed by atoms with E-state index in [0.717, 1.165) is 4.57 Å². The predicted octanol–water partition coefficient (Wildman–Crippen LogP) is 1.75. The molecule has 168 valence electrons. The molecule has 0 bridgehead atoms. The number of aryl methyl sites for hydroxylation is 1. The average molecular weight is 434 g/mol. The lowest BCUT2D eigenvalue weighted by atomic mass is 9.97. The number of fused-ring (bicyclic) bond motifs is 5. The summed E-state index contributed by atoms with van der Waals surface area (Å²) in [6.07, 6.45) is -0.382. The Morgan fingerprint density at radius 1 is 1.19 bits per heavy atom. The van der Waals surface area contributed by atoms with Crippen LogP contribution in [0, 0.1) is 18.6 Å². The molecular formula is C22H28F2N4O3. The van der Waals surface area contributed by atoms with Gasteiger partial charge in [0.1, 0.15) is 17.5 Å². The van der Waals surface area contributed by atoms with Crippen molar-refractivity contribution in [3.63, 3.8) is 0 Å². The SMILES string of the molecule is Cc1c(F)cc2c3c(c(=O)n(C)c2c1F)N(CCC(C)O)C(=O)C1CN(C)C(C)CN31. The van der Waals surface area contributed by atoms with Crippen molar-refractivity contribution in [3.05, 3.63) is 33.6 Å². The second-order valence-electron chi connectivity index (χ2n) is 8.84. The quantitative estimate of drug-likeness (QED) is 0.797. The number of pyridine rings is 1. The average Bonchev–Trinajstić information content (AvgIpc) is 2.70. The molecule has 9 heteroatoms. The van der Waals surface area contributed by atoms with Crippen LogP contribution in [0.15, 0.2) is 10.9 Å². The maximum atomic E-state index is 15.1. The van der Waals surface area contributed by atoms with Crippen molar-refractivity contribution in [1.29, 1.82) is 0 Å². The van der Waals surface area contributed by atoms with Gasteiger partial charge in [0.15, 0.2) is 5.82 Å². The molecule has 7 nitrogen and oxygen atoms in total. The van der Waals surface area contributed by atoms with Crippen molar-refractivity contribution in [2.75, 3.05) is 36.5 Å². The van der Waals surface area contributed by atoms with Gasteiger partial charge in [0.2, 0.25) is 0 Å². The fraction of sp³-hybridized carbons (Fsp3) is 0.545. The minimum absolute atomic E-state index is 0.0257. The molecule has 1 aromatic carbocycles. The highest BCUT2D eigenvalue weighted by Gasteiger charge is 2.45. The van der Waals surface area contributed by atoms with Crippen molar-refractivity contribution in [3.8, 4) is 0 Å². The maximum Gasteiger partial charge on any atom is 0.277 e. The molecule has 0 aliphatic carbocycles. The lowest BCUT2D eigenvalue weighted by Gasteiger charge is -2.50. The van der Waals surface area contributed by atoms with Crippen LogP contribution in [0.2, 0.25) is 0 Å². The van der Waals surface area contributed by atoms with E-state index in [9.17, 15) is 19.1 Å². The molecule has 2 aliphatic rings. The summed E-state index contributed by atoms with van der Waals surface area (Å²) in [5, 5.41) is 10.1. The first-order valence-electron chi connectivity index (χ1n) is 10.5. The maximum absolute atomic E-state index is 15.1. The lowest BCUT2D eigenvalue weighted by molar-refractivity contribution is -0.121. The zero-order chi connectivity index (χ0) is 22.8. The molecule has 31 heavy (non-hydrogen) atoms. The number of anilines is 2. The zero-order valence-corrected chi connectivity index (χ0v) is 18.4. The molecule has 0 spiro atoms. The third-order valence-corrected chi connectivity index (χ3v) is 6.67. The first-order valence-corrected chi connectivity index (χ1v) is 10.5. The first kappa shape index (κ1) is 21.7. The molecule has 3 unspecified atom stereocenters. The van der Waals surface area contributed by atoms with Gasteiger partial charge in [-0.25, -0.2) is 8.78 Å². The van der Waals surface area contributed by atoms with Crippen LogP contribution in [0.5, 0.6) is 0 Å². The Kier molecular flexibility index (Phi) is 5.29. The smallest absolute Gasteiger partial charge is 0.277 e. The molecule has 3 atom stereocenters. The van der Waals surface area contributed by atoms with Crippen molar-refractivity contribution in [1.82, 2.24) is 9.47 Å². The van der Waals surface area contributed by atoms with Gasteiger partial charge in [0, 0.05) is 43.7 Å². The molecular weight excluding hydrogens is 406 g/mol. The fourth-order valence-electron chi connectivity index (χ4n) is 4.62. The normalized spacial score (nSPS) is 22.6. The number of piperazine rings is 1. The van der Waals surface area contributed by atoms with Gasteiger partial charge in [-0.1, -0.05) is 0 Å². The molecule has 0 radical (unpaired) electrons. The molecule has 4 rings (SSSR count). The monoisotopic (exact) mass is 434 g/mol. The highest BCUT2D eigenvalue weighted by molar-refractivity contribution is 6.12. The van der Waals surface area contributed by atoms with E-state index in [1.165, 1.54) is 24.9 Å². The number of hydrogen-bond acceptors (Lipinski definition) is 5. The van der Waals surface area contributed by atoms with E-state index in [0.29, 0.717) is 18.8 Å². The number of likely N-dealkylation sites (N-methyl/N-ethyl adjacent to an activating group) is 1. The number of aromatic nitrogens is 1. The molecule has 1 N–H and O–H groups in total. The van der Waals surface area contributed by atoms with E-state index in [1.807, 2.05) is 18.9 Å². The number of benzene rings is 1. The topological polar surface area (TPSA) is 69.0 Å². The van der Waals surface area contributed by atoms with E-state index in [4.69, 9.17) is 0 Å². The number of carbonyl (C=O) groups excluding carboxylic acids is 1. The number of nitrogens with zero attached hydrogens (tertiary/aromatic N) is 4. The summed E-state index contributed by atoms with van der Waals surface area (Å²) in [4.78, 5) is 32.1. The number of aliphatic hydroxyl groups is 1. The minimum atomic E-state index is -0.774. The Morgan fingerprint density at radius 2 is 1.87 bits per heavy atom. The first-order chi connectivity index (χ1) is 14.5. The fourth-order valence-corrected chi connectivity index (χ4v) is 4.62. The Hall–Kier alpha value is -2.52. The predicted molar refractivity (Wildman–Crippen MR) is 116 cm³/mol. The van der Waals surface area contributed by atoms with Crippen molar-refractivity contribution >= 4 is 28.2 Å². The van der Waals surface area contributed by atoms with Gasteiger partial charge in [-0.05, 0) is 40.3 Å². The summed E-state index contributed by atoms with van der Waals surface area (Å²) < 4.78 is 30.9. The Balaban J connectivity index is 2.07. The van der Waals surface area contributed by atoms with Gasteiger partial charge in [-0.3, -0.25) is 14.5 Å². The summed E-state index contributed by atoms with van der Waals surface area (Å²) >= 11 is 0. The van der Waals surface area contributed by atoms with Crippen LogP contribution in [-0.2, 0) is 11.8 Å². The van der Waals surface area contributed by atoms with Crippen LogP contribution in [0.4, 0.5) is 20.2 Å². The summed E-state index contributed by atoms with van der Waals surface area (Å²) in [6.45, 7) is 5.98. The largest absolute Gasteiger partial charge is 0.393 e. The van der Waals surface area contributed by atoms with E-state index >= 15 is 4.39 Å². The third-order valence-electron chi connectivity index (χ3n) is 6.67. The van der Waals surface area contributed by atoms with E-state index in [1.54, 1.807) is 6.92 Å². The highest BCUT2D eigenvalue weighted by Crippen LogP contribution is 2.42. The summed E-state index contributed by atoms with van der Waals surface area (Å²) in [5.74, 6) is -1.71. The summed E-state index contributed by atoms with van der Waals surface area (Å²) in [5.41, 5.74) is -0.125. The third kappa shape index (κ3) is 3.22. The van der Waals surface area contributed by atoms with Gasteiger partial charge in [0.25, 0.3) is 11.5 Å². The Morgan fingerprint density at radius 3 is 2.52 bits per heavy atom. The second kappa shape index (κ2) is 7.56. The molecule has 2 aromatic rings. The second-order valence-corrected chi connectivity index (χ2v) is 8.84. The van der Waals surface area contributed by atoms with Crippen LogP contribution in [0.3, 0.4) is 0 Å². The Labute approximate surface area is 179 Å². The summed E-state index contributed by atoms with van der Waals surface area (Å²) in [7, 11) is 3.36. The van der Waals surface area contributed by atoms with Crippen LogP contribution >= 0.6 is 0 Å². The molecule has 2 aliphatic heterocycles. The lowest BCUT2D eigenvalue weighted by Crippen LogP contribution is -2.65. The van der Waals surface area contributed by atoms with Crippen LogP contribution in [0.25, 0.3) is 10.9 Å². The van der Waals surface area contributed by atoms with Gasteiger partial charge < -0.3 is 19.5 Å². The van der Waals surface area contributed by atoms with Crippen LogP contribution in [0.1, 0.15) is 25.8 Å². The van der Waals surface area contributed by atoms with E-state index < -0.39 is 29.3 Å². The standard InChI is InChI=1S/C22H28F2N4O3/c1-11-9-28-16(10-25(11)4)21(30)27(7-6-12(2)29)20-19(28)14-8-15(23)13(3)17(24)18(14)26(5)22(20)31/h8,11-12,16,29H,6-7,9-10H2,1-5H3. The number of halogens is 2. The van der Waals surface area contributed by atoms with E-state index in [2.05, 4.69) is 4.90 Å². The molecule has 1 amide bonds. The molecule has 3 heterocycles. The minimum Gasteiger partial charge on any atom is -0.393 e. The number of carbonyl (C=O) groups is 1. The van der Waals surface area contributed by atoms with Gasteiger partial charge >= 0.3 is 0 Å².